The Labute approximate surface area is 155 Å². The van der Waals surface area contributed by atoms with Crippen molar-refractivity contribution < 1.29 is 14.3 Å². The molecule has 4 nitrogen and oxygen atoms in total. The van der Waals surface area contributed by atoms with Crippen LogP contribution in [0.1, 0.15) is 37.6 Å². The van der Waals surface area contributed by atoms with Gasteiger partial charge in [0.1, 0.15) is 18.1 Å². The number of para-hydroxylation sites is 1. The average molecular weight is 353 g/mol. The molecule has 0 unspecified atom stereocenters. The van der Waals surface area contributed by atoms with E-state index >= 15 is 0 Å². The van der Waals surface area contributed by atoms with E-state index in [2.05, 4.69) is 25.7 Å². The highest BCUT2D eigenvalue weighted by Crippen LogP contribution is 2.22. The van der Waals surface area contributed by atoms with Crippen molar-refractivity contribution in [2.24, 2.45) is 5.92 Å². The SMILES string of the molecule is C=C(C)COc1ccccc1C(=O)Nc1cccc(OCCC(C)C)c1. The Kier molecular flexibility index (Phi) is 7.27. The minimum atomic E-state index is -0.221. The molecule has 0 heterocycles. The number of hydrogen-bond acceptors (Lipinski definition) is 3. The van der Waals surface area contributed by atoms with Gasteiger partial charge in [-0.05, 0) is 49.1 Å². The summed E-state index contributed by atoms with van der Waals surface area (Å²) in [5.41, 5.74) is 2.07. The van der Waals surface area contributed by atoms with Gasteiger partial charge in [-0.25, -0.2) is 0 Å². The fourth-order valence-corrected chi connectivity index (χ4v) is 2.26. The molecule has 2 aromatic rings. The number of ether oxygens (including phenoxy) is 2. The summed E-state index contributed by atoms with van der Waals surface area (Å²) in [6, 6.07) is 14.6. The van der Waals surface area contributed by atoms with Crippen LogP contribution >= 0.6 is 0 Å². The summed E-state index contributed by atoms with van der Waals surface area (Å²) in [4.78, 5) is 12.6. The Morgan fingerprint density at radius 1 is 1.12 bits per heavy atom. The molecule has 0 bridgehead atoms. The van der Waals surface area contributed by atoms with Crippen molar-refractivity contribution in [3.63, 3.8) is 0 Å². The Morgan fingerprint density at radius 3 is 2.62 bits per heavy atom. The molecule has 0 radical (unpaired) electrons. The van der Waals surface area contributed by atoms with Gasteiger partial charge >= 0.3 is 0 Å². The fraction of sp³-hybridized carbons (Fsp3) is 0.318. The maximum absolute atomic E-state index is 12.6. The number of hydrogen-bond donors (Lipinski definition) is 1. The van der Waals surface area contributed by atoms with Gasteiger partial charge in [0.2, 0.25) is 0 Å². The number of rotatable bonds is 9. The normalized spacial score (nSPS) is 10.5. The second kappa shape index (κ2) is 9.66. The van der Waals surface area contributed by atoms with Crippen molar-refractivity contribution >= 4 is 11.6 Å². The number of anilines is 1. The topological polar surface area (TPSA) is 47.6 Å². The molecule has 0 saturated heterocycles. The molecule has 0 fully saturated rings. The second-order valence-electron chi connectivity index (χ2n) is 6.75. The van der Waals surface area contributed by atoms with Gasteiger partial charge in [-0.2, -0.15) is 0 Å². The molecule has 2 aromatic carbocycles. The summed E-state index contributed by atoms with van der Waals surface area (Å²) in [7, 11) is 0. The van der Waals surface area contributed by atoms with Crippen LogP contribution in [0.15, 0.2) is 60.7 Å². The Morgan fingerprint density at radius 2 is 1.88 bits per heavy atom. The highest BCUT2D eigenvalue weighted by atomic mass is 16.5. The number of carbonyl (C=O) groups excluding carboxylic acids is 1. The predicted molar refractivity (Wildman–Crippen MR) is 106 cm³/mol. The van der Waals surface area contributed by atoms with Gasteiger partial charge in [-0.1, -0.05) is 38.6 Å². The molecule has 4 heteroatoms. The molecule has 0 aliphatic rings. The zero-order chi connectivity index (χ0) is 18.9. The minimum Gasteiger partial charge on any atom is -0.494 e. The van der Waals surface area contributed by atoms with Crippen LogP contribution in [0.2, 0.25) is 0 Å². The van der Waals surface area contributed by atoms with Crippen LogP contribution in [0, 0.1) is 5.92 Å². The molecule has 2 rings (SSSR count). The highest BCUT2D eigenvalue weighted by Gasteiger charge is 2.13. The quantitative estimate of drug-likeness (QED) is 0.621. The van der Waals surface area contributed by atoms with Crippen LogP contribution in [-0.4, -0.2) is 19.1 Å². The molecular formula is C22H27NO3. The summed E-state index contributed by atoms with van der Waals surface area (Å²) < 4.78 is 11.4. The number of nitrogens with one attached hydrogen (secondary N) is 1. The van der Waals surface area contributed by atoms with Crippen LogP contribution in [0.5, 0.6) is 11.5 Å². The van der Waals surface area contributed by atoms with E-state index in [9.17, 15) is 4.79 Å². The van der Waals surface area contributed by atoms with Crippen LogP contribution in [-0.2, 0) is 0 Å². The molecule has 26 heavy (non-hydrogen) atoms. The van der Waals surface area contributed by atoms with Crippen molar-refractivity contribution in [1.29, 1.82) is 0 Å². The number of amides is 1. The Bertz CT molecular complexity index is 753. The molecule has 0 spiro atoms. The zero-order valence-corrected chi connectivity index (χ0v) is 15.7. The first-order chi connectivity index (χ1) is 12.5. The van der Waals surface area contributed by atoms with E-state index in [1.807, 2.05) is 43.3 Å². The van der Waals surface area contributed by atoms with Gasteiger partial charge in [-0.3, -0.25) is 4.79 Å². The van der Waals surface area contributed by atoms with E-state index < -0.39 is 0 Å². The van der Waals surface area contributed by atoms with Gasteiger partial charge in [0.15, 0.2) is 0 Å². The van der Waals surface area contributed by atoms with Crippen LogP contribution < -0.4 is 14.8 Å². The van der Waals surface area contributed by atoms with E-state index in [4.69, 9.17) is 9.47 Å². The van der Waals surface area contributed by atoms with Crippen LogP contribution in [0.4, 0.5) is 5.69 Å². The molecule has 0 aromatic heterocycles. The van der Waals surface area contributed by atoms with Crippen molar-refractivity contribution in [2.45, 2.75) is 27.2 Å². The Hall–Kier alpha value is -2.75. The summed E-state index contributed by atoms with van der Waals surface area (Å²) >= 11 is 0. The lowest BCUT2D eigenvalue weighted by Crippen LogP contribution is -2.14. The van der Waals surface area contributed by atoms with E-state index in [-0.39, 0.29) is 5.91 Å². The van der Waals surface area contributed by atoms with E-state index in [1.54, 1.807) is 12.1 Å². The molecule has 138 valence electrons. The molecule has 0 atom stereocenters. The molecule has 0 saturated carbocycles. The first-order valence-electron chi connectivity index (χ1n) is 8.86. The lowest BCUT2D eigenvalue weighted by molar-refractivity contribution is 0.102. The lowest BCUT2D eigenvalue weighted by Gasteiger charge is -2.13. The monoisotopic (exact) mass is 353 g/mol. The molecule has 0 aliphatic carbocycles. The Balaban J connectivity index is 2.04. The van der Waals surface area contributed by atoms with Crippen molar-refractivity contribution in [1.82, 2.24) is 0 Å². The minimum absolute atomic E-state index is 0.221. The highest BCUT2D eigenvalue weighted by molar-refractivity contribution is 6.06. The van der Waals surface area contributed by atoms with Crippen LogP contribution in [0.3, 0.4) is 0 Å². The van der Waals surface area contributed by atoms with Crippen molar-refractivity contribution in [3.8, 4) is 11.5 Å². The third-order valence-corrected chi connectivity index (χ3v) is 3.66. The standard InChI is InChI=1S/C22H27NO3/c1-16(2)12-13-25-19-9-7-8-18(14-19)23-22(24)20-10-5-6-11-21(20)26-15-17(3)4/h5-11,14,16H,3,12-13,15H2,1-2,4H3,(H,23,24). The number of carbonyl (C=O) groups is 1. The summed E-state index contributed by atoms with van der Waals surface area (Å²) in [5.74, 6) is 1.66. The average Bonchev–Trinajstić information content (AvgIpc) is 2.60. The van der Waals surface area contributed by atoms with Gasteiger partial charge < -0.3 is 14.8 Å². The van der Waals surface area contributed by atoms with Crippen LogP contribution in [0.25, 0.3) is 0 Å². The second-order valence-corrected chi connectivity index (χ2v) is 6.75. The van der Waals surface area contributed by atoms with Gasteiger partial charge in [0.05, 0.1) is 12.2 Å². The summed E-state index contributed by atoms with van der Waals surface area (Å²) in [6.07, 6.45) is 0.990. The number of benzene rings is 2. The predicted octanol–water partition coefficient (Wildman–Crippen LogP) is 5.32. The van der Waals surface area contributed by atoms with E-state index in [0.717, 1.165) is 17.7 Å². The van der Waals surface area contributed by atoms with Gasteiger partial charge in [0, 0.05) is 11.8 Å². The third kappa shape index (κ3) is 6.28. The molecular weight excluding hydrogens is 326 g/mol. The zero-order valence-electron chi connectivity index (χ0n) is 15.7. The van der Waals surface area contributed by atoms with Crippen molar-refractivity contribution in [2.75, 3.05) is 18.5 Å². The maximum Gasteiger partial charge on any atom is 0.259 e. The van der Waals surface area contributed by atoms with Gasteiger partial charge in [-0.15, -0.1) is 0 Å². The largest absolute Gasteiger partial charge is 0.494 e. The van der Waals surface area contributed by atoms with E-state index in [1.165, 1.54) is 0 Å². The maximum atomic E-state index is 12.6. The van der Waals surface area contributed by atoms with Crippen molar-refractivity contribution in [3.05, 3.63) is 66.2 Å². The lowest BCUT2D eigenvalue weighted by atomic mass is 10.1. The summed E-state index contributed by atoms with van der Waals surface area (Å²) in [6.45, 7) is 11.1. The van der Waals surface area contributed by atoms with Gasteiger partial charge in [0.25, 0.3) is 5.91 Å². The fourth-order valence-electron chi connectivity index (χ4n) is 2.26. The summed E-state index contributed by atoms with van der Waals surface area (Å²) in [5, 5.41) is 2.90. The van der Waals surface area contributed by atoms with E-state index in [0.29, 0.717) is 36.1 Å². The molecule has 0 aliphatic heterocycles. The first-order valence-corrected chi connectivity index (χ1v) is 8.86. The molecule has 1 amide bonds. The smallest absolute Gasteiger partial charge is 0.259 e. The molecule has 1 N–H and O–H groups in total. The third-order valence-electron chi connectivity index (χ3n) is 3.66. The first kappa shape index (κ1) is 19.6.